The van der Waals surface area contributed by atoms with Crippen molar-refractivity contribution in [2.24, 2.45) is 10.9 Å². The van der Waals surface area contributed by atoms with E-state index in [-0.39, 0.29) is 5.54 Å². The number of guanidine groups is 1. The summed E-state index contributed by atoms with van der Waals surface area (Å²) in [6, 6.07) is 0. The topological polar surface area (TPSA) is 52.1 Å². The molecule has 1 aliphatic heterocycles. The lowest BCUT2D eigenvalue weighted by Crippen LogP contribution is -2.51. The Bertz CT molecular complexity index is 422. The van der Waals surface area contributed by atoms with Gasteiger partial charge in [0.25, 0.3) is 0 Å². The number of ether oxygens (including phenoxy) is 1. The van der Waals surface area contributed by atoms with Crippen molar-refractivity contribution in [3.8, 4) is 0 Å². The molecule has 2 rings (SSSR count). The number of aliphatic imine (C=N–C) groups is 1. The van der Waals surface area contributed by atoms with Gasteiger partial charge in [-0.1, -0.05) is 19.8 Å². The van der Waals surface area contributed by atoms with Crippen LogP contribution in [0.15, 0.2) is 4.99 Å². The van der Waals surface area contributed by atoms with Crippen LogP contribution in [0.2, 0.25) is 0 Å². The molecule has 1 aliphatic carbocycles. The standard InChI is InChI=1S/C20H41N5O/c1-5-21-19(22-10-7-11-25-12-14-26-15-13-25)23-17-20(24(3)4)9-6-8-18(2)16-20/h18H,5-17H2,1-4H3,(H2,21,22,23). The van der Waals surface area contributed by atoms with Gasteiger partial charge in [-0.25, -0.2) is 0 Å². The number of nitrogens with zero attached hydrogens (tertiary/aromatic N) is 3. The van der Waals surface area contributed by atoms with Gasteiger partial charge in [0, 0.05) is 31.7 Å². The molecule has 2 unspecified atom stereocenters. The normalized spacial score (nSPS) is 28.3. The summed E-state index contributed by atoms with van der Waals surface area (Å²) in [5.74, 6) is 1.76. The van der Waals surface area contributed by atoms with E-state index in [4.69, 9.17) is 9.73 Å². The van der Waals surface area contributed by atoms with E-state index in [2.05, 4.69) is 48.4 Å². The van der Waals surface area contributed by atoms with Gasteiger partial charge >= 0.3 is 0 Å². The van der Waals surface area contributed by atoms with Crippen LogP contribution < -0.4 is 10.6 Å². The second kappa shape index (κ2) is 11.1. The van der Waals surface area contributed by atoms with E-state index >= 15 is 0 Å². The Hall–Kier alpha value is -0.850. The van der Waals surface area contributed by atoms with E-state index < -0.39 is 0 Å². The molecule has 26 heavy (non-hydrogen) atoms. The van der Waals surface area contributed by atoms with E-state index in [9.17, 15) is 0 Å². The SMILES string of the molecule is CCNC(=NCC1(N(C)C)CCCC(C)C1)NCCCN1CCOCC1. The second-order valence-electron chi connectivity index (χ2n) is 8.25. The van der Waals surface area contributed by atoms with Crippen molar-refractivity contribution in [2.45, 2.75) is 51.5 Å². The average Bonchev–Trinajstić information content (AvgIpc) is 2.64. The number of morpholine rings is 1. The number of rotatable bonds is 8. The number of nitrogens with one attached hydrogen (secondary N) is 2. The molecule has 2 N–H and O–H groups in total. The molecule has 1 saturated heterocycles. The van der Waals surface area contributed by atoms with E-state index in [1.165, 1.54) is 25.7 Å². The van der Waals surface area contributed by atoms with Crippen LogP contribution in [0, 0.1) is 5.92 Å². The van der Waals surface area contributed by atoms with E-state index in [0.717, 1.165) is 70.8 Å². The third-order valence-electron chi connectivity index (χ3n) is 5.94. The summed E-state index contributed by atoms with van der Waals surface area (Å²) in [7, 11) is 4.44. The number of hydrogen-bond acceptors (Lipinski definition) is 4. The zero-order valence-corrected chi connectivity index (χ0v) is 17.5. The largest absolute Gasteiger partial charge is 0.379 e. The van der Waals surface area contributed by atoms with Crippen LogP contribution in [0.5, 0.6) is 0 Å². The van der Waals surface area contributed by atoms with Gasteiger partial charge in [-0.3, -0.25) is 9.89 Å². The van der Waals surface area contributed by atoms with Gasteiger partial charge in [-0.15, -0.1) is 0 Å². The van der Waals surface area contributed by atoms with Crippen LogP contribution in [0.1, 0.15) is 46.0 Å². The summed E-state index contributed by atoms with van der Waals surface area (Å²) in [5, 5.41) is 6.94. The summed E-state index contributed by atoms with van der Waals surface area (Å²) in [6.45, 7) is 12.3. The monoisotopic (exact) mass is 367 g/mol. The summed E-state index contributed by atoms with van der Waals surface area (Å²) >= 11 is 0. The van der Waals surface area contributed by atoms with Crippen LogP contribution >= 0.6 is 0 Å². The lowest BCUT2D eigenvalue weighted by Gasteiger charge is -2.44. The van der Waals surface area contributed by atoms with E-state index in [1.54, 1.807) is 0 Å². The van der Waals surface area contributed by atoms with Crippen LogP contribution in [0.25, 0.3) is 0 Å². The first kappa shape index (κ1) is 21.5. The molecule has 0 aromatic rings. The minimum atomic E-state index is 0.216. The molecule has 0 radical (unpaired) electrons. The zero-order chi connectivity index (χ0) is 18.8. The Morgan fingerprint density at radius 2 is 2.04 bits per heavy atom. The Balaban J connectivity index is 1.82. The van der Waals surface area contributed by atoms with Crippen molar-refractivity contribution in [2.75, 3.05) is 66.6 Å². The molecule has 2 atom stereocenters. The van der Waals surface area contributed by atoms with Crippen LogP contribution in [-0.2, 0) is 4.74 Å². The van der Waals surface area contributed by atoms with E-state index in [0.29, 0.717) is 0 Å². The van der Waals surface area contributed by atoms with Crippen molar-refractivity contribution < 1.29 is 4.74 Å². The molecule has 2 fully saturated rings. The molecule has 2 aliphatic rings. The molecule has 0 aromatic carbocycles. The van der Waals surface area contributed by atoms with Crippen LogP contribution in [0.4, 0.5) is 0 Å². The molecule has 6 nitrogen and oxygen atoms in total. The minimum Gasteiger partial charge on any atom is -0.379 e. The van der Waals surface area contributed by atoms with Gasteiger partial charge in [-0.2, -0.15) is 0 Å². The van der Waals surface area contributed by atoms with Gasteiger partial charge < -0.3 is 20.3 Å². The Morgan fingerprint density at radius 3 is 2.69 bits per heavy atom. The van der Waals surface area contributed by atoms with Crippen molar-refractivity contribution in [3.63, 3.8) is 0 Å². The first-order valence-corrected chi connectivity index (χ1v) is 10.6. The first-order valence-electron chi connectivity index (χ1n) is 10.6. The molecule has 152 valence electrons. The van der Waals surface area contributed by atoms with Crippen molar-refractivity contribution in [1.82, 2.24) is 20.4 Å². The molecule has 0 spiro atoms. The second-order valence-corrected chi connectivity index (χ2v) is 8.25. The Kier molecular flexibility index (Phi) is 9.16. The Labute approximate surface area is 160 Å². The number of likely N-dealkylation sites (N-methyl/N-ethyl adjacent to an activating group) is 1. The smallest absolute Gasteiger partial charge is 0.191 e. The number of hydrogen-bond donors (Lipinski definition) is 2. The van der Waals surface area contributed by atoms with Crippen molar-refractivity contribution >= 4 is 5.96 Å². The molecule has 0 amide bonds. The third-order valence-corrected chi connectivity index (χ3v) is 5.94. The van der Waals surface area contributed by atoms with Gasteiger partial charge in [0.2, 0.25) is 0 Å². The van der Waals surface area contributed by atoms with Crippen molar-refractivity contribution in [3.05, 3.63) is 0 Å². The maximum Gasteiger partial charge on any atom is 0.191 e. The molecular formula is C20H41N5O. The van der Waals surface area contributed by atoms with Crippen LogP contribution in [-0.4, -0.2) is 87.9 Å². The first-order chi connectivity index (χ1) is 12.6. The highest BCUT2D eigenvalue weighted by Crippen LogP contribution is 2.35. The predicted octanol–water partition coefficient (Wildman–Crippen LogP) is 1.77. The highest BCUT2D eigenvalue weighted by Gasteiger charge is 2.36. The fourth-order valence-electron chi connectivity index (χ4n) is 4.23. The highest BCUT2D eigenvalue weighted by atomic mass is 16.5. The quantitative estimate of drug-likeness (QED) is 0.389. The Morgan fingerprint density at radius 1 is 1.27 bits per heavy atom. The average molecular weight is 368 g/mol. The van der Waals surface area contributed by atoms with Gasteiger partial charge in [0.15, 0.2) is 5.96 Å². The highest BCUT2D eigenvalue weighted by molar-refractivity contribution is 5.79. The summed E-state index contributed by atoms with van der Waals surface area (Å²) in [6.07, 6.45) is 6.32. The molecule has 6 heteroatoms. The van der Waals surface area contributed by atoms with Crippen molar-refractivity contribution in [1.29, 1.82) is 0 Å². The third kappa shape index (κ3) is 6.71. The van der Waals surface area contributed by atoms with Gasteiger partial charge in [-0.05, 0) is 52.7 Å². The molecular weight excluding hydrogens is 326 g/mol. The fraction of sp³-hybridized carbons (Fsp3) is 0.950. The van der Waals surface area contributed by atoms with Crippen LogP contribution in [0.3, 0.4) is 0 Å². The lowest BCUT2D eigenvalue weighted by atomic mass is 9.75. The summed E-state index contributed by atoms with van der Waals surface area (Å²) in [4.78, 5) is 9.87. The molecule has 1 heterocycles. The maximum absolute atomic E-state index is 5.41. The fourth-order valence-corrected chi connectivity index (χ4v) is 4.23. The van der Waals surface area contributed by atoms with Gasteiger partial charge in [0.05, 0.1) is 19.8 Å². The maximum atomic E-state index is 5.41. The summed E-state index contributed by atoms with van der Waals surface area (Å²) in [5.41, 5.74) is 0.216. The molecule has 1 saturated carbocycles. The van der Waals surface area contributed by atoms with E-state index in [1.807, 2.05) is 0 Å². The zero-order valence-electron chi connectivity index (χ0n) is 17.5. The van der Waals surface area contributed by atoms with Gasteiger partial charge in [0.1, 0.15) is 0 Å². The molecule has 0 aromatic heterocycles. The predicted molar refractivity (Wildman–Crippen MR) is 110 cm³/mol. The molecule has 0 bridgehead atoms. The lowest BCUT2D eigenvalue weighted by molar-refractivity contribution is 0.0376. The minimum absolute atomic E-state index is 0.216. The summed E-state index contributed by atoms with van der Waals surface area (Å²) < 4.78 is 5.41.